The van der Waals surface area contributed by atoms with E-state index in [2.05, 4.69) is 16.0 Å². The number of rotatable bonds is 2. The van der Waals surface area contributed by atoms with Gasteiger partial charge in [0.15, 0.2) is 0 Å². The molecule has 0 saturated carbocycles. The zero-order valence-electron chi connectivity index (χ0n) is 14.8. The third-order valence-electron chi connectivity index (χ3n) is 6.21. The van der Waals surface area contributed by atoms with E-state index in [1.807, 2.05) is 25.1 Å². The number of aliphatic hydroxyl groups is 3. The Hall–Kier alpha value is -1.40. The lowest BCUT2D eigenvalue weighted by Gasteiger charge is -2.44. The van der Waals surface area contributed by atoms with Crippen molar-refractivity contribution in [3.63, 3.8) is 0 Å². The van der Waals surface area contributed by atoms with Gasteiger partial charge in [-0.2, -0.15) is 0 Å². The Morgan fingerprint density at radius 2 is 2.04 bits per heavy atom. The summed E-state index contributed by atoms with van der Waals surface area (Å²) in [5.41, 5.74) is 0.871. The Morgan fingerprint density at radius 1 is 1.24 bits per heavy atom. The molecule has 0 spiro atoms. The van der Waals surface area contributed by atoms with Crippen LogP contribution in [0.3, 0.4) is 0 Å². The molecule has 4 atom stereocenters. The average Bonchev–Trinajstić information content (AvgIpc) is 2.99. The third-order valence-corrected chi connectivity index (χ3v) is 6.21. The molecule has 1 aromatic carbocycles. The molecule has 25 heavy (non-hydrogen) atoms. The van der Waals surface area contributed by atoms with Crippen LogP contribution in [-0.4, -0.2) is 57.0 Å². The van der Waals surface area contributed by atoms with Crippen LogP contribution in [0.5, 0.6) is 0 Å². The molecule has 0 radical (unpaired) electrons. The molecular weight excluding hydrogens is 316 g/mol. The second kappa shape index (κ2) is 6.09. The quantitative estimate of drug-likeness (QED) is 0.669. The first-order valence-corrected chi connectivity index (χ1v) is 9.34. The van der Waals surface area contributed by atoms with Crippen molar-refractivity contribution in [1.29, 1.82) is 0 Å². The zero-order chi connectivity index (χ0) is 17.7. The van der Waals surface area contributed by atoms with Crippen LogP contribution >= 0.6 is 0 Å². The van der Waals surface area contributed by atoms with Gasteiger partial charge >= 0.3 is 0 Å². The fourth-order valence-electron chi connectivity index (χ4n) is 4.93. The zero-order valence-corrected chi connectivity index (χ0v) is 14.8. The predicted octanol–water partition coefficient (Wildman–Crippen LogP) is 1.76. The molecule has 4 rings (SSSR count). The van der Waals surface area contributed by atoms with Gasteiger partial charge in [-0.3, -0.25) is 4.90 Å². The van der Waals surface area contributed by atoms with Crippen LogP contribution in [0.25, 0.3) is 10.9 Å². The van der Waals surface area contributed by atoms with Gasteiger partial charge in [-0.05, 0) is 43.2 Å². The van der Waals surface area contributed by atoms with E-state index in [-0.39, 0.29) is 12.5 Å². The van der Waals surface area contributed by atoms with Gasteiger partial charge in [-0.1, -0.05) is 25.1 Å². The average molecular weight is 344 g/mol. The molecule has 1 unspecified atom stereocenters. The number of hydrogen-bond acceptors (Lipinski definition) is 4. The van der Waals surface area contributed by atoms with Crippen molar-refractivity contribution in [2.24, 2.45) is 5.92 Å². The van der Waals surface area contributed by atoms with Crippen LogP contribution in [0.1, 0.15) is 37.4 Å². The lowest BCUT2D eigenvalue weighted by molar-refractivity contribution is -0.0877. The highest BCUT2D eigenvalue weighted by Crippen LogP contribution is 2.40. The van der Waals surface area contributed by atoms with Gasteiger partial charge in [-0.25, -0.2) is 0 Å². The van der Waals surface area contributed by atoms with E-state index in [0.717, 1.165) is 41.7 Å². The van der Waals surface area contributed by atoms with Crippen molar-refractivity contribution in [3.05, 3.63) is 35.5 Å². The molecule has 4 N–H and O–H groups in total. The largest absolute Gasteiger partial charge is 0.393 e. The molecule has 2 bridgehead atoms. The molecule has 0 amide bonds. The number of nitrogens with one attached hydrogen (secondary N) is 1. The summed E-state index contributed by atoms with van der Waals surface area (Å²) in [5, 5.41) is 33.4. The monoisotopic (exact) mass is 344 g/mol. The highest BCUT2D eigenvalue weighted by atomic mass is 16.3. The van der Waals surface area contributed by atoms with Crippen molar-refractivity contribution >= 4 is 10.9 Å². The molecule has 2 aromatic rings. The number of H-pyrrole nitrogens is 1. The Balaban J connectivity index is 1.80. The molecule has 2 aliphatic heterocycles. The number of hydrogen-bond donors (Lipinski definition) is 4. The van der Waals surface area contributed by atoms with Gasteiger partial charge in [0.05, 0.1) is 17.9 Å². The summed E-state index contributed by atoms with van der Waals surface area (Å²) >= 11 is 0. The molecule has 1 aromatic heterocycles. The summed E-state index contributed by atoms with van der Waals surface area (Å²) in [6.07, 6.45) is 2.65. The van der Waals surface area contributed by atoms with E-state index < -0.39 is 11.2 Å². The number of piperidine rings is 1. The topological polar surface area (TPSA) is 79.7 Å². The van der Waals surface area contributed by atoms with Crippen molar-refractivity contribution in [2.45, 2.75) is 43.8 Å². The number of para-hydroxylation sites is 1. The third kappa shape index (κ3) is 2.89. The minimum absolute atomic E-state index is 0.160. The number of nitrogens with zero attached hydrogens (tertiary/aromatic N) is 1. The van der Waals surface area contributed by atoms with Gasteiger partial charge in [0.1, 0.15) is 5.60 Å². The molecule has 5 heteroatoms. The second-order valence-corrected chi connectivity index (χ2v) is 8.05. The number of benzene rings is 1. The van der Waals surface area contributed by atoms with Gasteiger partial charge in [0, 0.05) is 30.5 Å². The van der Waals surface area contributed by atoms with E-state index in [1.54, 1.807) is 0 Å². The molecule has 1 saturated heterocycles. The fraction of sp³-hybridized carbons (Fsp3) is 0.600. The summed E-state index contributed by atoms with van der Waals surface area (Å²) in [5.74, 6) is 0.160. The van der Waals surface area contributed by atoms with Gasteiger partial charge < -0.3 is 20.3 Å². The van der Waals surface area contributed by atoms with Crippen LogP contribution < -0.4 is 0 Å². The van der Waals surface area contributed by atoms with Crippen molar-refractivity contribution in [2.75, 3.05) is 26.2 Å². The molecule has 2 aliphatic rings. The van der Waals surface area contributed by atoms with Crippen LogP contribution in [-0.2, 0) is 12.0 Å². The molecular formula is C20H28N2O3. The highest BCUT2D eigenvalue weighted by Gasteiger charge is 2.43. The number of aromatic nitrogens is 1. The number of aliphatic hydroxyl groups excluding tert-OH is 1. The van der Waals surface area contributed by atoms with E-state index in [4.69, 9.17) is 0 Å². The minimum Gasteiger partial charge on any atom is -0.393 e. The van der Waals surface area contributed by atoms with Gasteiger partial charge in [0.2, 0.25) is 0 Å². The molecule has 0 aliphatic carbocycles. The Morgan fingerprint density at radius 3 is 2.80 bits per heavy atom. The fourth-order valence-corrected chi connectivity index (χ4v) is 4.93. The summed E-state index contributed by atoms with van der Waals surface area (Å²) in [7, 11) is 0. The normalized spacial score (nSPS) is 35.7. The van der Waals surface area contributed by atoms with Crippen LogP contribution in [0.2, 0.25) is 0 Å². The second-order valence-electron chi connectivity index (χ2n) is 8.05. The molecule has 1 fully saturated rings. The van der Waals surface area contributed by atoms with E-state index in [1.165, 1.54) is 0 Å². The first-order chi connectivity index (χ1) is 12.0. The first-order valence-electron chi connectivity index (χ1n) is 9.34. The summed E-state index contributed by atoms with van der Waals surface area (Å²) in [4.78, 5) is 5.70. The molecule has 5 nitrogen and oxygen atoms in total. The maximum atomic E-state index is 11.3. The Bertz CT molecular complexity index is 773. The smallest absolute Gasteiger partial charge is 0.128 e. The maximum Gasteiger partial charge on any atom is 0.128 e. The van der Waals surface area contributed by atoms with Gasteiger partial charge in [-0.15, -0.1) is 0 Å². The van der Waals surface area contributed by atoms with E-state index >= 15 is 0 Å². The summed E-state index contributed by atoms with van der Waals surface area (Å²) in [6, 6.07) is 8.08. The van der Waals surface area contributed by atoms with Crippen molar-refractivity contribution in [3.8, 4) is 0 Å². The first kappa shape index (κ1) is 17.0. The Labute approximate surface area is 148 Å². The van der Waals surface area contributed by atoms with Crippen LogP contribution in [0.15, 0.2) is 24.3 Å². The summed E-state index contributed by atoms with van der Waals surface area (Å²) in [6.45, 7) is 4.12. The minimum atomic E-state index is -1.29. The molecule has 136 valence electrons. The maximum absolute atomic E-state index is 11.3. The van der Waals surface area contributed by atoms with Gasteiger partial charge in [0.25, 0.3) is 0 Å². The van der Waals surface area contributed by atoms with Crippen LogP contribution in [0, 0.1) is 5.92 Å². The molecule has 3 heterocycles. The predicted molar refractivity (Wildman–Crippen MR) is 97.4 cm³/mol. The van der Waals surface area contributed by atoms with Crippen LogP contribution in [0.4, 0.5) is 0 Å². The van der Waals surface area contributed by atoms with Crippen molar-refractivity contribution in [1.82, 2.24) is 9.88 Å². The van der Waals surface area contributed by atoms with Crippen molar-refractivity contribution < 1.29 is 15.3 Å². The Kier molecular flexibility index (Phi) is 4.15. The SMILES string of the molecule is CC[C@@]1(O)C[C@@H]2CN(CCc3c([nH]c4ccccc34)[C@](O)(CO)C2)C1. The number of aromatic amines is 1. The lowest BCUT2D eigenvalue weighted by Crippen LogP contribution is -2.52. The van der Waals surface area contributed by atoms with E-state index in [0.29, 0.717) is 25.8 Å². The summed E-state index contributed by atoms with van der Waals surface area (Å²) < 4.78 is 0. The lowest BCUT2D eigenvalue weighted by atomic mass is 9.77. The number of fused-ring (bicyclic) bond motifs is 5. The van der Waals surface area contributed by atoms with E-state index in [9.17, 15) is 15.3 Å². The standard InChI is InChI=1S/C20H28N2O3/c1-2-19(24)9-14-10-20(25,13-23)18-16(7-8-22(11-14)12-19)15-5-3-4-6-17(15)21-18/h3-6,14,21,23-25H,2,7-13H2,1H3/t14-,19+,20+/m0/s1. The highest BCUT2D eigenvalue weighted by molar-refractivity contribution is 5.85.